The maximum absolute atomic E-state index is 12.5. The molecule has 0 aromatic heterocycles. The normalized spacial score (nSPS) is 22.2. The topological polar surface area (TPSA) is 42.2 Å². The fourth-order valence-electron chi connectivity index (χ4n) is 1.51. The maximum Gasteiger partial charge on any atom is 0.165 e. The van der Waals surface area contributed by atoms with Crippen LogP contribution in [0, 0.1) is 17.1 Å². The molecule has 1 aliphatic rings. The molecule has 17 heavy (non-hydrogen) atoms. The van der Waals surface area contributed by atoms with Crippen LogP contribution in [0.2, 0.25) is 0 Å². The molecule has 1 fully saturated rings. The van der Waals surface area contributed by atoms with Crippen LogP contribution in [0.25, 0.3) is 0 Å². The third kappa shape index (κ3) is 4.41. The predicted molar refractivity (Wildman–Crippen MR) is 62.1 cm³/mol. The van der Waals surface area contributed by atoms with Crippen LogP contribution >= 0.6 is 0 Å². The molecule has 1 heterocycles. The molecule has 1 aliphatic heterocycles. The summed E-state index contributed by atoms with van der Waals surface area (Å²) in [6.45, 7) is 2.00. The van der Waals surface area contributed by atoms with Gasteiger partial charge in [0, 0.05) is 0 Å². The lowest BCUT2D eigenvalue weighted by atomic mass is 10.2. The van der Waals surface area contributed by atoms with E-state index in [1.54, 1.807) is 18.2 Å². The Bertz CT molecular complexity index is 389. The van der Waals surface area contributed by atoms with Crippen molar-refractivity contribution >= 4 is 0 Å². The predicted octanol–water partition coefficient (Wildman–Crippen LogP) is 2.91. The van der Waals surface area contributed by atoms with Crippen molar-refractivity contribution < 1.29 is 13.9 Å². The molecule has 0 saturated carbocycles. The molecule has 0 amide bonds. The summed E-state index contributed by atoms with van der Waals surface area (Å²) in [4.78, 5) is 0. The Hall–Kier alpha value is -1.60. The highest BCUT2D eigenvalue weighted by Crippen LogP contribution is 2.17. The van der Waals surface area contributed by atoms with Gasteiger partial charge in [-0.25, -0.2) is 4.39 Å². The molecule has 0 spiro atoms. The van der Waals surface area contributed by atoms with E-state index < -0.39 is 0 Å². The van der Waals surface area contributed by atoms with E-state index in [1.165, 1.54) is 13.2 Å². The zero-order chi connectivity index (χ0) is 12.7. The number of rotatable bonds is 1. The minimum atomic E-state index is -0.319. The van der Waals surface area contributed by atoms with Crippen LogP contribution in [0.4, 0.5) is 4.39 Å². The van der Waals surface area contributed by atoms with Crippen LogP contribution in [-0.4, -0.2) is 19.3 Å². The SMILES string of the molecule is CC1CCC(C#N)O1.COc1ccccc1F. The van der Waals surface area contributed by atoms with E-state index >= 15 is 0 Å². The van der Waals surface area contributed by atoms with E-state index in [0.29, 0.717) is 6.10 Å². The fourth-order valence-corrected chi connectivity index (χ4v) is 1.51. The van der Waals surface area contributed by atoms with Gasteiger partial charge in [-0.05, 0) is 31.9 Å². The average Bonchev–Trinajstić information content (AvgIpc) is 2.77. The van der Waals surface area contributed by atoms with Crippen molar-refractivity contribution in [2.45, 2.75) is 32.0 Å². The van der Waals surface area contributed by atoms with Gasteiger partial charge in [-0.3, -0.25) is 0 Å². The first kappa shape index (κ1) is 13.5. The van der Waals surface area contributed by atoms with Gasteiger partial charge in [-0.2, -0.15) is 5.26 Å². The highest BCUT2D eigenvalue weighted by molar-refractivity contribution is 5.23. The number of para-hydroxylation sites is 1. The van der Waals surface area contributed by atoms with Gasteiger partial charge < -0.3 is 9.47 Å². The van der Waals surface area contributed by atoms with Gasteiger partial charge in [0.25, 0.3) is 0 Å². The molecule has 2 unspecified atom stereocenters. The molecule has 3 nitrogen and oxygen atoms in total. The van der Waals surface area contributed by atoms with Crippen molar-refractivity contribution in [1.29, 1.82) is 5.26 Å². The number of benzene rings is 1. The van der Waals surface area contributed by atoms with E-state index in [2.05, 4.69) is 10.8 Å². The molecular formula is C13H16FNO2. The Morgan fingerprint density at radius 1 is 1.41 bits per heavy atom. The molecule has 2 atom stereocenters. The van der Waals surface area contributed by atoms with Crippen molar-refractivity contribution in [3.05, 3.63) is 30.1 Å². The van der Waals surface area contributed by atoms with Crippen LogP contribution in [0.1, 0.15) is 19.8 Å². The number of ether oxygens (including phenoxy) is 2. The number of nitrogens with zero attached hydrogens (tertiary/aromatic N) is 1. The summed E-state index contributed by atoms with van der Waals surface area (Å²) >= 11 is 0. The Balaban J connectivity index is 0.000000171. The number of hydrogen-bond donors (Lipinski definition) is 0. The molecule has 1 aromatic rings. The zero-order valence-corrected chi connectivity index (χ0v) is 10.0. The van der Waals surface area contributed by atoms with Gasteiger partial charge >= 0.3 is 0 Å². The van der Waals surface area contributed by atoms with Crippen molar-refractivity contribution in [1.82, 2.24) is 0 Å². The van der Waals surface area contributed by atoms with Crippen LogP contribution in [-0.2, 0) is 4.74 Å². The largest absolute Gasteiger partial charge is 0.494 e. The summed E-state index contributed by atoms with van der Waals surface area (Å²) in [7, 11) is 1.44. The summed E-state index contributed by atoms with van der Waals surface area (Å²) < 4.78 is 22.3. The van der Waals surface area contributed by atoms with Gasteiger partial charge in [0.2, 0.25) is 0 Å². The Labute approximate surface area is 101 Å². The highest BCUT2D eigenvalue weighted by atomic mass is 19.1. The maximum atomic E-state index is 12.5. The third-order valence-electron chi connectivity index (χ3n) is 2.43. The first-order valence-corrected chi connectivity index (χ1v) is 5.51. The van der Waals surface area contributed by atoms with Gasteiger partial charge in [0.1, 0.15) is 6.10 Å². The quantitative estimate of drug-likeness (QED) is 0.754. The molecule has 0 bridgehead atoms. The molecule has 0 N–H and O–H groups in total. The van der Waals surface area contributed by atoms with Gasteiger partial charge in [0.15, 0.2) is 11.6 Å². The van der Waals surface area contributed by atoms with Crippen LogP contribution < -0.4 is 4.74 Å². The first-order valence-electron chi connectivity index (χ1n) is 5.51. The van der Waals surface area contributed by atoms with E-state index in [9.17, 15) is 4.39 Å². The standard InChI is InChI=1S/C7H7FO.C6H9NO/c1-9-7-5-3-2-4-6(7)8;1-5-2-3-6(4-7)8-5/h2-5H,1H3;5-6H,2-3H2,1H3. The van der Waals surface area contributed by atoms with Crippen LogP contribution in [0.5, 0.6) is 5.75 Å². The summed E-state index contributed by atoms with van der Waals surface area (Å²) in [5.41, 5.74) is 0. The van der Waals surface area contributed by atoms with Crippen molar-refractivity contribution in [2.24, 2.45) is 0 Å². The Morgan fingerprint density at radius 2 is 2.12 bits per heavy atom. The van der Waals surface area contributed by atoms with Crippen LogP contribution in [0.3, 0.4) is 0 Å². The number of methoxy groups -OCH3 is 1. The molecule has 0 radical (unpaired) electrons. The molecule has 4 heteroatoms. The Kier molecular flexibility index (Phi) is 5.44. The average molecular weight is 237 g/mol. The van der Waals surface area contributed by atoms with E-state index in [0.717, 1.165) is 12.8 Å². The minimum absolute atomic E-state index is 0.120. The molecular weight excluding hydrogens is 221 g/mol. The molecule has 92 valence electrons. The first-order chi connectivity index (χ1) is 8.17. The van der Waals surface area contributed by atoms with Crippen molar-refractivity contribution in [3.63, 3.8) is 0 Å². The van der Waals surface area contributed by atoms with Gasteiger partial charge in [-0.15, -0.1) is 0 Å². The summed E-state index contributed by atoms with van der Waals surface area (Å²) in [5, 5.41) is 8.31. The third-order valence-corrected chi connectivity index (χ3v) is 2.43. The number of halogens is 1. The van der Waals surface area contributed by atoms with Gasteiger partial charge in [-0.1, -0.05) is 12.1 Å². The Morgan fingerprint density at radius 3 is 2.47 bits per heavy atom. The second kappa shape index (κ2) is 6.87. The summed E-state index contributed by atoms with van der Waals surface area (Å²) in [6, 6.07) is 8.36. The summed E-state index contributed by atoms with van der Waals surface area (Å²) in [5.74, 6) is -0.0301. The minimum Gasteiger partial charge on any atom is -0.494 e. The van der Waals surface area contributed by atoms with E-state index in [-0.39, 0.29) is 17.7 Å². The fraction of sp³-hybridized carbons (Fsp3) is 0.462. The molecule has 1 aromatic carbocycles. The lowest BCUT2D eigenvalue weighted by Gasteiger charge is -1.99. The smallest absolute Gasteiger partial charge is 0.165 e. The molecule has 2 rings (SSSR count). The lowest BCUT2D eigenvalue weighted by Crippen LogP contribution is -2.03. The summed E-state index contributed by atoms with van der Waals surface area (Å²) in [6.07, 6.45) is 2.14. The monoisotopic (exact) mass is 237 g/mol. The van der Waals surface area contributed by atoms with E-state index in [4.69, 9.17) is 10.00 Å². The molecule has 1 saturated heterocycles. The number of hydrogen-bond acceptors (Lipinski definition) is 3. The number of nitriles is 1. The van der Waals surface area contributed by atoms with E-state index in [1.807, 2.05) is 6.92 Å². The highest BCUT2D eigenvalue weighted by Gasteiger charge is 2.20. The molecule has 0 aliphatic carbocycles. The van der Waals surface area contributed by atoms with Crippen molar-refractivity contribution in [2.75, 3.05) is 7.11 Å². The van der Waals surface area contributed by atoms with Crippen LogP contribution in [0.15, 0.2) is 24.3 Å². The zero-order valence-electron chi connectivity index (χ0n) is 10.0. The lowest BCUT2D eigenvalue weighted by molar-refractivity contribution is 0.0874. The van der Waals surface area contributed by atoms with Gasteiger partial charge in [0.05, 0.1) is 19.3 Å². The second-order valence-electron chi connectivity index (χ2n) is 3.78. The second-order valence-corrected chi connectivity index (χ2v) is 3.78. The van der Waals surface area contributed by atoms with Crippen molar-refractivity contribution in [3.8, 4) is 11.8 Å².